The number of hydrogen-bond donors (Lipinski definition) is 1. The molecule has 2 saturated heterocycles. The highest BCUT2D eigenvalue weighted by atomic mass is 28.4. The van der Waals surface area contributed by atoms with Gasteiger partial charge in [0.1, 0.15) is 23.2 Å². The van der Waals surface area contributed by atoms with Crippen LogP contribution in [-0.4, -0.2) is 51.4 Å². The van der Waals surface area contributed by atoms with Crippen LogP contribution in [0.25, 0.3) is 0 Å². The molecule has 46 heavy (non-hydrogen) atoms. The van der Waals surface area contributed by atoms with Crippen molar-refractivity contribution in [2.24, 2.45) is 5.92 Å². The van der Waals surface area contributed by atoms with E-state index in [-0.39, 0.29) is 28.1 Å². The minimum absolute atomic E-state index is 0.0689. The van der Waals surface area contributed by atoms with E-state index in [2.05, 4.69) is 39.2 Å². The first-order valence-corrected chi connectivity index (χ1v) is 18.6. The maximum atomic E-state index is 15.9. The fourth-order valence-electron chi connectivity index (χ4n) is 5.73. The lowest BCUT2D eigenvalue weighted by Gasteiger charge is -2.48. The summed E-state index contributed by atoms with van der Waals surface area (Å²) in [6, 6.07) is 15.3. The predicted molar refractivity (Wildman–Crippen MR) is 174 cm³/mol. The second-order valence-electron chi connectivity index (χ2n) is 13.5. The minimum atomic E-state index is -2.27. The number of amides is 2. The smallest absolute Gasteiger partial charge is 0.410 e. The quantitative estimate of drug-likeness (QED) is 0.189. The van der Waals surface area contributed by atoms with Crippen LogP contribution >= 0.6 is 0 Å². The van der Waals surface area contributed by atoms with E-state index in [1.807, 2.05) is 0 Å². The predicted octanol–water partition coefficient (Wildman–Crippen LogP) is 7.76. The monoisotopic (exact) mass is 653 g/mol. The molecule has 246 valence electrons. The summed E-state index contributed by atoms with van der Waals surface area (Å²) in [7, 11) is -2.27. The molecule has 2 heterocycles. The average Bonchev–Trinajstić information content (AvgIpc) is 3.01. The zero-order valence-electron chi connectivity index (χ0n) is 27.0. The Hall–Kier alpha value is -3.67. The molecule has 7 nitrogen and oxygen atoms in total. The molecule has 0 radical (unpaired) electrons. The average molecular weight is 654 g/mol. The molecule has 0 spiro atoms. The first-order chi connectivity index (χ1) is 21.7. The second kappa shape index (κ2) is 13.6. The van der Waals surface area contributed by atoms with Gasteiger partial charge in [-0.25, -0.2) is 18.0 Å². The Labute approximate surface area is 269 Å². The van der Waals surface area contributed by atoms with E-state index >= 15 is 4.39 Å². The van der Waals surface area contributed by atoms with Crippen molar-refractivity contribution in [2.45, 2.75) is 63.9 Å². The summed E-state index contributed by atoms with van der Waals surface area (Å²) in [6.07, 6.45) is -0.125. The number of nitrogens with zero attached hydrogens (tertiary/aromatic N) is 2. The zero-order valence-corrected chi connectivity index (χ0v) is 28.0. The molecule has 11 heteroatoms. The Morgan fingerprint density at radius 1 is 0.957 bits per heavy atom. The number of hydrogen-bond acceptors (Lipinski definition) is 5. The van der Waals surface area contributed by atoms with Crippen molar-refractivity contribution < 1.29 is 31.9 Å². The maximum absolute atomic E-state index is 15.9. The van der Waals surface area contributed by atoms with E-state index in [4.69, 9.17) is 9.16 Å². The van der Waals surface area contributed by atoms with Gasteiger partial charge in [0.25, 0.3) is 0 Å². The van der Waals surface area contributed by atoms with Crippen LogP contribution < -0.4 is 15.0 Å². The van der Waals surface area contributed by atoms with Gasteiger partial charge >= 0.3 is 6.09 Å². The second-order valence-corrected chi connectivity index (χ2v) is 18.3. The molecular formula is C35H42F3N3O4Si. The molecule has 3 aromatic rings. The number of anilines is 1. The van der Waals surface area contributed by atoms with E-state index in [1.165, 1.54) is 53.4 Å². The number of halogens is 3. The Bertz CT molecular complexity index is 1540. The van der Waals surface area contributed by atoms with E-state index in [1.54, 1.807) is 23.1 Å². The largest absolute Gasteiger partial charge is 0.415 e. The highest BCUT2D eigenvalue weighted by Crippen LogP contribution is 2.48. The van der Waals surface area contributed by atoms with Crippen LogP contribution in [0, 0.1) is 23.4 Å². The maximum Gasteiger partial charge on any atom is 0.415 e. The number of carbonyl (C=O) groups is 2. The fourth-order valence-corrected chi connectivity index (χ4v) is 7.05. The molecule has 2 amide bonds. The number of piperazine rings is 1. The number of carbonyl (C=O) groups excluding carboxylic acids is 2. The number of rotatable bonds is 9. The van der Waals surface area contributed by atoms with Crippen LogP contribution in [0.4, 0.5) is 23.7 Å². The molecule has 3 aromatic carbocycles. The summed E-state index contributed by atoms with van der Waals surface area (Å²) in [5.41, 5.74) is 1.53. The summed E-state index contributed by atoms with van der Waals surface area (Å²) >= 11 is 0. The van der Waals surface area contributed by atoms with Crippen LogP contribution in [-0.2, 0) is 9.22 Å². The number of ether oxygens (including phenoxy) is 1. The molecule has 2 fully saturated rings. The van der Waals surface area contributed by atoms with Crippen LogP contribution in [0.5, 0.6) is 5.75 Å². The zero-order chi connectivity index (χ0) is 33.2. The van der Waals surface area contributed by atoms with Crippen molar-refractivity contribution in [3.8, 4) is 5.75 Å². The summed E-state index contributed by atoms with van der Waals surface area (Å²) in [5.74, 6) is -2.16. The van der Waals surface area contributed by atoms with Crippen LogP contribution in [0.2, 0.25) is 18.1 Å². The van der Waals surface area contributed by atoms with E-state index in [0.717, 1.165) is 5.56 Å². The van der Waals surface area contributed by atoms with Gasteiger partial charge in [0.15, 0.2) is 8.32 Å². The van der Waals surface area contributed by atoms with Crippen molar-refractivity contribution in [2.75, 3.05) is 31.1 Å². The SMILES string of the molecule is CC(C)(C)[Si](C)(C)O[C@@H](CC[C@H]1C(=O)N(c2ccc(F)cc2)[C@@H]1c1ccc(OC(=O)N2CCNCC2)cc1F)c1ccc(F)cc1. The lowest BCUT2D eigenvalue weighted by Crippen LogP contribution is -2.55. The molecule has 0 aromatic heterocycles. The molecule has 2 aliphatic rings. The summed E-state index contributed by atoms with van der Waals surface area (Å²) < 4.78 is 55.7. The van der Waals surface area contributed by atoms with Crippen molar-refractivity contribution >= 4 is 26.0 Å². The summed E-state index contributed by atoms with van der Waals surface area (Å²) in [5, 5.41) is 3.08. The van der Waals surface area contributed by atoms with Crippen molar-refractivity contribution in [1.82, 2.24) is 10.2 Å². The van der Waals surface area contributed by atoms with Gasteiger partial charge in [0, 0.05) is 43.5 Å². The van der Waals surface area contributed by atoms with Gasteiger partial charge in [-0.3, -0.25) is 4.79 Å². The Morgan fingerprint density at radius 3 is 2.15 bits per heavy atom. The van der Waals surface area contributed by atoms with Gasteiger partial charge < -0.3 is 24.3 Å². The topological polar surface area (TPSA) is 71.1 Å². The molecule has 0 saturated carbocycles. The highest BCUT2D eigenvalue weighted by molar-refractivity contribution is 6.74. The standard InChI is InChI=1S/C35H42F3N3O4Si/c1-35(2,3)46(4,5)45-31(23-6-8-24(36)9-7-23)17-16-29-32(41(33(29)42)26-12-10-25(37)11-13-26)28-15-14-27(22-30(28)38)44-34(43)40-20-18-39-19-21-40/h6-15,22,29,31-32,39H,16-21H2,1-5H3/t29-,31+,32-/m1/s1. The fraction of sp³-hybridized carbons (Fsp3) is 0.429. The summed E-state index contributed by atoms with van der Waals surface area (Å²) in [4.78, 5) is 29.4. The number of nitrogens with one attached hydrogen (secondary N) is 1. The normalized spacial score (nSPS) is 19.5. The molecule has 5 rings (SSSR count). The third-order valence-electron chi connectivity index (χ3n) is 9.41. The van der Waals surface area contributed by atoms with E-state index in [9.17, 15) is 18.4 Å². The molecular weight excluding hydrogens is 611 g/mol. The first kappa shape index (κ1) is 33.7. The number of benzene rings is 3. The van der Waals surface area contributed by atoms with Gasteiger partial charge in [-0.1, -0.05) is 39.0 Å². The van der Waals surface area contributed by atoms with Crippen molar-refractivity contribution in [1.29, 1.82) is 0 Å². The van der Waals surface area contributed by atoms with Crippen molar-refractivity contribution in [3.05, 3.63) is 95.3 Å². The Morgan fingerprint density at radius 2 is 1.57 bits per heavy atom. The minimum Gasteiger partial charge on any atom is -0.410 e. The van der Waals surface area contributed by atoms with E-state index in [0.29, 0.717) is 44.7 Å². The lowest BCUT2D eigenvalue weighted by atomic mass is 9.78. The molecule has 1 N–H and O–H groups in total. The third-order valence-corrected chi connectivity index (χ3v) is 13.9. The lowest BCUT2D eigenvalue weighted by molar-refractivity contribution is -0.131. The highest BCUT2D eigenvalue weighted by Gasteiger charge is 2.50. The third kappa shape index (κ3) is 7.32. The molecule has 2 aliphatic heterocycles. The summed E-state index contributed by atoms with van der Waals surface area (Å²) in [6.45, 7) is 13.0. The van der Waals surface area contributed by atoms with Gasteiger partial charge in [-0.15, -0.1) is 0 Å². The molecule has 0 bridgehead atoms. The van der Waals surface area contributed by atoms with Gasteiger partial charge in [-0.2, -0.15) is 0 Å². The van der Waals surface area contributed by atoms with Gasteiger partial charge in [0.2, 0.25) is 5.91 Å². The molecule has 0 unspecified atom stereocenters. The van der Waals surface area contributed by atoms with Crippen LogP contribution in [0.3, 0.4) is 0 Å². The first-order valence-electron chi connectivity index (χ1n) is 15.7. The molecule has 3 atom stereocenters. The van der Waals surface area contributed by atoms with Gasteiger partial charge in [-0.05, 0) is 79.0 Å². The van der Waals surface area contributed by atoms with E-state index < -0.39 is 44.1 Å². The van der Waals surface area contributed by atoms with Gasteiger partial charge in [0.05, 0.1) is 18.1 Å². The number of β-lactam (4-membered cyclic amide) rings is 1. The van der Waals surface area contributed by atoms with Crippen LogP contribution in [0.1, 0.15) is 56.9 Å². The Kier molecular flexibility index (Phi) is 9.95. The molecule has 0 aliphatic carbocycles. The van der Waals surface area contributed by atoms with Crippen molar-refractivity contribution in [3.63, 3.8) is 0 Å². The Balaban J connectivity index is 1.41. The van der Waals surface area contributed by atoms with Crippen LogP contribution in [0.15, 0.2) is 66.7 Å².